The van der Waals surface area contributed by atoms with Crippen LogP contribution in [-0.4, -0.2) is 55.1 Å². The molecular weight excluding hydrogens is 197 g/mol. The molecule has 1 rings (SSSR count). The van der Waals surface area contributed by atoms with Gasteiger partial charge in [-0.2, -0.15) is 13.2 Å². The van der Waals surface area contributed by atoms with Crippen LogP contribution in [0, 0.1) is 0 Å². The van der Waals surface area contributed by atoms with Crippen LogP contribution in [0.5, 0.6) is 0 Å². The second-order valence-electron chi connectivity index (χ2n) is 3.64. The van der Waals surface area contributed by atoms with Gasteiger partial charge in [-0.3, -0.25) is 9.69 Å². The number of likely N-dealkylation sites (N-methyl/N-ethyl adjacent to an activating group) is 1. The maximum Gasteiger partial charge on any atom is 0.406 e. The molecule has 0 saturated carbocycles. The summed E-state index contributed by atoms with van der Waals surface area (Å²) >= 11 is 0. The third kappa shape index (κ3) is 2.60. The van der Waals surface area contributed by atoms with Gasteiger partial charge in [0.25, 0.3) is 0 Å². The molecule has 0 aromatic rings. The third-order valence-corrected chi connectivity index (χ3v) is 2.26. The highest BCUT2D eigenvalue weighted by Crippen LogP contribution is 2.22. The zero-order valence-corrected chi connectivity index (χ0v) is 8.14. The number of hydrogen-bond donors (Lipinski definition) is 0. The van der Waals surface area contributed by atoms with Crippen molar-refractivity contribution in [2.75, 3.05) is 27.2 Å². The summed E-state index contributed by atoms with van der Waals surface area (Å²) in [5.74, 6) is -0.424. The van der Waals surface area contributed by atoms with E-state index in [1.54, 1.807) is 19.0 Å². The van der Waals surface area contributed by atoms with Gasteiger partial charge < -0.3 is 4.90 Å². The van der Waals surface area contributed by atoms with Gasteiger partial charge in [0.2, 0.25) is 5.91 Å². The number of nitrogens with zero attached hydrogens (tertiary/aromatic N) is 2. The summed E-state index contributed by atoms with van der Waals surface area (Å²) in [6.07, 6.45) is -3.82. The van der Waals surface area contributed by atoms with Crippen molar-refractivity contribution >= 4 is 5.91 Å². The van der Waals surface area contributed by atoms with Crippen LogP contribution in [0.1, 0.15) is 6.42 Å². The summed E-state index contributed by atoms with van der Waals surface area (Å²) in [4.78, 5) is 13.9. The number of rotatable bonds is 2. The lowest BCUT2D eigenvalue weighted by molar-refractivity contribution is -0.158. The molecule has 0 aromatic heterocycles. The molecule has 0 bridgehead atoms. The standard InChI is InChI=1S/C8H13F3N2O/c1-12(2)6-3-4-13(7(6)14)5-8(9,10)11/h6H,3-5H2,1-2H3/t6-/m1/s1. The van der Waals surface area contributed by atoms with Crippen molar-refractivity contribution < 1.29 is 18.0 Å². The van der Waals surface area contributed by atoms with E-state index in [9.17, 15) is 18.0 Å². The highest BCUT2D eigenvalue weighted by atomic mass is 19.4. The largest absolute Gasteiger partial charge is 0.406 e. The Balaban J connectivity index is 2.56. The fourth-order valence-electron chi connectivity index (χ4n) is 1.58. The molecule has 0 aromatic carbocycles. The van der Waals surface area contributed by atoms with Gasteiger partial charge in [-0.25, -0.2) is 0 Å². The minimum Gasteiger partial charge on any atom is -0.332 e. The molecule has 6 heteroatoms. The first-order chi connectivity index (χ1) is 6.31. The Morgan fingerprint density at radius 2 is 2.07 bits per heavy atom. The number of alkyl halides is 3. The lowest BCUT2D eigenvalue weighted by atomic mass is 10.2. The second-order valence-corrected chi connectivity index (χ2v) is 3.64. The van der Waals surface area contributed by atoms with E-state index in [1.165, 1.54) is 0 Å². The van der Waals surface area contributed by atoms with E-state index < -0.39 is 24.7 Å². The molecular formula is C8H13F3N2O. The van der Waals surface area contributed by atoms with Gasteiger partial charge in [0.1, 0.15) is 6.54 Å². The average molecular weight is 210 g/mol. The normalized spacial score (nSPS) is 23.7. The van der Waals surface area contributed by atoms with E-state index in [0.717, 1.165) is 4.90 Å². The van der Waals surface area contributed by atoms with Crippen LogP contribution in [0.2, 0.25) is 0 Å². The molecule has 1 amide bonds. The Labute approximate surface area is 80.5 Å². The maximum absolute atomic E-state index is 12.0. The van der Waals surface area contributed by atoms with E-state index in [4.69, 9.17) is 0 Å². The SMILES string of the molecule is CN(C)[C@@H]1CCN(CC(F)(F)F)C1=O. The first-order valence-electron chi connectivity index (χ1n) is 4.33. The monoisotopic (exact) mass is 210 g/mol. The minimum absolute atomic E-state index is 0.196. The van der Waals surface area contributed by atoms with Crippen LogP contribution in [0.15, 0.2) is 0 Å². The summed E-state index contributed by atoms with van der Waals surface area (Å²) in [5.41, 5.74) is 0. The molecule has 0 N–H and O–H groups in total. The first-order valence-corrected chi connectivity index (χ1v) is 4.33. The van der Waals surface area contributed by atoms with Crippen molar-refractivity contribution in [1.29, 1.82) is 0 Å². The Morgan fingerprint density at radius 3 is 2.43 bits per heavy atom. The van der Waals surface area contributed by atoms with Gasteiger partial charge in [0.15, 0.2) is 0 Å². The number of amides is 1. The zero-order chi connectivity index (χ0) is 10.9. The number of likely N-dealkylation sites (tertiary alicyclic amines) is 1. The molecule has 14 heavy (non-hydrogen) atoms. The fraction of sp³-hybridized carbons (Fsp3) is 0.875. The molecule has 1 fully saturated rings. The Hall–Kier alpha value is -0.780. The summed E-state index contributed by atoms with van der Waals surface area (Å²) in [6, 6.07) is -0.391. The van der Waals surface area contributed by atoms with Gasteiger partial charge >= 0.3 is 6.18 Å². The topological polar surface area (TPSA) is 23.6 Å². The molecule has 1 heterocycles. The zero-order valence-electron chi connectivity index (χ0n) is 8.14. The molecule has 1 aliphatic heterocycles. The van der Waals surface area contributed by atoms with Gasteiger partial charge in [0, 0.05) is 6.54 Å². The summed E-state index contributed by atoms with van der Waals surface area (Å²) in [6.45, 7) is -0.933. The van der Waals surface area contributed by atoms with Gasteiger partial charge in [-0.05, 0) is 20.5 Å². The Bertz CT molecular complexity index is 227. The summed E-state index contributed by atoms with van der Waals surface area (Å²) < 4.78 is 36.0. The molecule has 1 atom stereocenters. The Morgan fingerprint density at radius 1 is 1.50 bits per heavy atom. The maximum atomic E-state index is 12.0. The smallest absolute Gasteiger partial charge is 0.332 e. The minimum atomic E-state index is -4.29. The fourth-order valence-corrected chi connectivity index (χ4v) is 1.58. The number of hydrogen-bond acceptors (Lipinski definition) is 2. The van der Waals surface area contributed by atoms with Crippen molar-refractivity contribution in [2.45, 2.75) is 18.6 Å². The molecule has 1 aliphatic rings. The van der Waals surface area contributed by atoms with Crippen LogP contribution < -0.4 is 0 Å². The van der Waals surface area contributed by atoms with Crippen LogP contribution >= 0.6 is 0 Å². The molecule has 82 valence electrons. The lowest BCUT2D eigenvalue weighted by Gasteiger charge is -2.20. The average Bonchev–Trinajstić information content (AvgIpc) is 2.29. The molecule has 3 nitrogen and oxygen atoms in total. The molecule has 1 saturated heterocycles. The van der Waals surface area contributed by atoms with E-state index in [-0.39, 0.29) is 6.54 Å². The number of halogens is 3. The van der Waals surface area contributed by atoms with Crippen molar-refractivity contribution in [3.8, 4) is 0 Å². The summed E-state index contributed by atoms with van der Waals surface area (Å²) in [5, 5.41) is 0. The van der Waals surface area contributed by atoms with E-state index in [2.05, 4.69) is 0 Å². The van der Waals surface area contributed by atoms with Crippen LogP contribution in [0.25, 0.3) is 0 Å². The lowest BCUT2D eigenvalue weighted by Crippen LogP contribution is -2.41. The number of carbonyl (C=O) groups excluding carboxylic acids is 1. The third-order valence-electron chi connectivity index (χ3n) is 2.26. The first kappa shape index (κ1) is 11.3. The van der Waals surface area contributed by atoms with E-state index in [1.807, 2.05) is 0 Å². The van der Waals surface area contributed by atoms with Crippen molar-refractivity contribution in [2.24, 2.45) is 0 Å². The second kappa shape index (κ2) is 3.76. The van der Waals surface area contributed by atoms with Crippen LogP contribution in [-0.2, 0) is 4.79 Å². The van der Waals surface area contributed by atoms with Gasteiger partial charge in [0.05, 0.1) is 6.04 Å². The van der Waals surface area contributed by atoms with Crippen molar-refractivity contribution in [3.63, 3.8) is 0 Å². The quantitative estimate of drug-likeness (QED) is 0.670. The molecule has 0 unspecified atom stereocenters. The predicted molar refractivity (Wildman–Crippen MR) is 44.7 cm³/mol. The molecule has 0 radical (unpaired) electrons. The van der Waals surface area contributed by atoms with Crippen molar-refractivity contribution in [1.82, 2.24) is 9.80 Å². The van der Waals surface area contributed by atoms with Gasteiger partial charge in [-0.1, -0.05) is 0 Å². The van der Waals surface area contributed by atoms with E-state index in [0.29, 0.717) is 6.42 Å². The van der Waals surface area contributed by atoms with Gasteiger partial charge in [-0.15, -0.1) is 0 Å². The highest BCUT2D eigenvalue weighted by molar-refractivity contribution is 5.83. The van der Waals surface area contributed by atoms with E-state index >= 15 is 0 Å². The number of carbonyl (C=O) groups is 1. The van der Waals surface area contributed by atoms with Crippen LogP contribution in [0.4, 0.5) is 13.2 Å². The predicted octanol–water partition coefficient (Wildman–Crippen LogP) is 0.711. The summed E-state index contributed by atoms with van der Waals surface area (Å²) in [7, 11) is 3.39. The molecule has 0 aliphatic carbocycles. The van der Waals surface area contributed by atoms with Crippen LogP contribution in [0.3, 0.4) is 0 Å². The highest BCUT2D eigenvalue weighted by Gasteiger charge is 2.39. The molecule has 0 spiro atoms. The Kier molecular flexibility index (Phi) is 3.04. The van der Waals surface area contributed by atoms with Crippen molar-refractivity contribution in [3.05, 3.63) is 0 Å².